The van der Waals surface area contributed by atoms with Crippen molar-refractivity contribution in [3.8, 4) is 5.75 Å². The summed E-state index contributed by atoms with van der Waals surface area (Å²) in [7, 11) is 1.66. The summed E-state index contributed by atoms with van der Waals surface area (Å²) in [4.78, 5) is 21.7. The number of hydrogen-bond acceptors (Lipinski definition) is 5. The number of nitrogens with one attached hydrogen (secondary N) is 1. The van der Waals surface area contributed by atoms with E-state index in [1.54, 1.807) is 13.3 Å². The quantitative estimate of drug-likeness (QED) is 0.332. The Morgan fingerprint density at radius 1 is 1.14 bits per heavy atom. The second kappa shape index (κ2) is 18.8. The molecular formula is C29H47N3O2S. The van der Waals surface area contributed by atoms with Crippen LogP contribution < -0.4 is 10.1 Å². The zero-order chi connectivity index (χ0) is 26.8. The van der Waals surface area contributed by atoms with Crippen LogP contribution in [0.1, 0.15) is 95.7 Å². The van der Waals surface area contributed by atoms with Gasteiger partial charge in [-0.1, -0.05) is 59.6 Å². The zero-order valence-corrected chi connectivity index (χ0v) is 24.5. The van der Waals surface area contributed by atoms with Gasteiger partial charge in [0.2, 0.25) is 5.91 Å². The summed E-state index contributed by atoms with van der Waals surface area (Å²) in [5.41, 5.74) is 5.98. The van der Waals surface area contributed by atoms with Crippen LogP contribution in [0, 0.1) is 13.8 Å². The van der Waals surface area contributed by atoms with E-state index in [2.05, 4.69) is 49.9 Å². The molecule has 0 radical (unpaired) electrons. The number of methoxy groups -OCH3 is 1. The highest BCUT2D eigenvalue weighted by Gasteiger charge is 2.11. The first kappa shape index (κ1) is 32.5. The molecule has 0 fully saturated rings. The van der Waals surface area contributed by atoms with Crippen molar-refractivity contribution in [3.05, 3.63) is 51.7 Å². The number of amides is 1. The molecule has 0 atom stereocenters. The van der Waals surface area contributed by atoms with Gasteiger partial charge in [-0.25, -0.2) is 4.98 Å². The molecule has 6 heteroatoms. The van der Waals surface area contributed by atoms with Gasteiger partial charge in [-0.05, 0) is 69.2 Å². The van der Waals surface area contributed by atoms with Crippen LogP contribution in [0.4, 0.5) is 5.13 Å². The minimum absolute atomic E-state index is 0.0601. The van der Waals surface area contributed by atoms with E-state index in [9.17, 15) is 4.79 Å². The number of allylic oxidation sites excluding steroid dienone is 1. The number of ether oxygens (including phenoxy) is 1. The van der Waals surface area contributed by atoms with Gasteiger partial charge < -0.3 is 10.1 Å². The van der Waals surface area contributed by atoms with Crippen LogP contribution in [0.15, 0.2) is 35.1 Å². The standard InChI is InChI=1S/C16H20N2O2S.C11H21N.C2H6/c1-5-13-10(2)6-12(7-14(13)20-4)8-15(19)18-16-17-9-11(3)21-16;1-5-8-11(7-3)12-9-10(4)6-2;1-2/h6-7,9H,5,8H2,1-4H3,(H,17,18,19);9H,5-8H2,1-4H3;1-2H3/b;10-9+,12-11?;. The Kier molecular flexibility index (Phi) is 17.5. The van der Waals surface area contributed by atoms with E-state index in [1.165, 1.54) is 34.6 Å². The van der Waals surface area contributed by atoms with Crippen molar-refractivity contribution in [2.45, 2.75) is 101 Å². The molecule has 0 bridgehead atoms. The summed E-state index contributed by atoms with van der Waals surface area (Å²) in [5, 5.41) is 3.47. The molecule has 0 aliphatic rings. The Bertz CT molecular complexity index is 945. The molecule has 0 aliphatic carbocycles. The van der Waals surface area contributed by atoms with Crippen LogP contribution in [0.2, 0.25) is 0 Å². The van der Waals surface area contributed by atoms with Gasteiger partial charge in [0.05, 0.1) is 13.5 Å². The SMILES string of the molecule is CC.CCCC(CC)=N/C=C(\C)CC.CCc1c(C)cc(CC(=O)Nc2ncc(C)s2)cc1OC. The lowest BCUT2D eigenvalue weighted by Crippen LogP contribution is -2.14. The first-order chi connectivity index (χ1) is 16.8. The number of aromatic nitrogens is 1. The Balaban J connectivity index is 0.000000707. The molecule has 1 aromatic carbocycles. The smallest absolute Gasteiger partial charge is 0.230 e. The second-order valence-corrected chi connectivity index (χ2v) is 9.31. The number of rotatable bonds is 10. The number of hydrogen-bond donors (Lipinski definition) is 1. The molecule has 1 amide bonds. The van der Waals surface area contributed by atoms with Gasteiger partial charge in [0, 0.05) is 23.0 Å². The number of anilines is 1. The van der Waals surface area contributed by atoms with Crippen molar-refractivity contribution < 1.29 is 9.53 Å². The number of nitrogens with zero attached hydrogens (tertiary/aromatic N) is 2. The maximum atomic E-state index is 12.1. The van der Waals surface area contributed by atoms with Crippen molar-refractivity contribution in [3.63, 3.8) is 0 Å². The fourth-order valence-corrected chi connectivity index (χ4v) is 3.95. The highest BCUT2D eigenvalue weighted by molar-refractivity contribution is 7.15. The van der Waals surface area contributed by atoms with E-state index in [0.717, 1.165) is 47.4 Å². The van der Waals surface area contributed by atoms with Gasteiger partial charge in [-0.15, -0.1) is 11.3 Å². The largest absolute Gasteiger partial charge is 0.496 e. The summed E-state index contributed by atoms with van der Waals surface area (Å²) < 4.78 is 5.42. The molecule has 35 heavy (non-hydrogen) atoms. The van der Waals surface area contributed by atoms with Crippen LogP contribution >= 0.6 is 11.3 Å². The molecule has 196 valence electrons. The molecule has 5 nitrogen and oxygen atoms in total. The monoisotopic (exact) mass is 501 g/mol. The van der Waals surface area contributed by atoms with Crippen molar-refractivity contribution >= 4 is 28.1 Å². The van der Waals surface area contributed by atoms with Gasteiger partial charge in [0.15, 0.2) is 5.13 Å². The lowest BCUT2D eigenvalue weighted by molar-refractivity contribution is -0.115. The highest BCUT2D eigenvalue weighted by Crippen LogP contribution is 2.25. The third-order valence-corrected chi connectivity index (χ3v) is 6.10. The van der Waals surface area contributed by atoms with Crippen LogP contribution in [0.3, 0.4) is 0 Å². The molecule has 1 N–H and O–H groups in total. The first-order valence-corrected chi connectivity index (χ1v) is 13.7. The molecule has 0 spiro atoms. The molecule has 0 aliphatic heterocycles. The van der Waals surface area contributed by atoms with E-state index in [4.69, 9.17) is 4.74 Å². The van der Waals surface area contributed by atoms with E-state index >= 15 is 0 Å². The lowest BCUT2D eigenvalue weighted by Gasteiger charge is -2.12. The minimum Gasteiger partial charge on any atom is -0.496 e. The molecule has 2 aromatic rings. The molecule has 2 rings (SSSR count). The maximum absolute atomic E-state index is 12.1. The fourth-order valence-electron chi connectivity index (χ4n) is 3.27. The molecule has 0 saturated heterocycles. The number of thiazole rings is 1. The predicted molar refractivity (Wildman–Crippen MR) is 154 cm³/mol. The van der Waals surface area contributed by atoms with Gasteiger partial charge in [0.1, 0.15) is 5.75 Å². The van der Waals surface area contributed by atoms with Gasteiger partial charge in [-0.3, -0.25) is 9.79 Å². The third-order valence-electron chi connectivity index (χ3n) is 5.27. The third kappa shape index (κ3) is 12.7. The van der Waals surface area contributed by atoms with E-state index in [0.29, 0.717) is 11.6 Å². The van der Waals surface area contributed by atoms with Crippen LogP contribution in [-0.2, 0) is 17.6 Å². The minimum atomic E-state index is -0.0601. The maximum Gasteiger partial charge on any atom is 0.230 e. The molecular weight excluding hydrogens is 454 g/mol. The first-order valence-electron chi connectivity index (χ1n) is 12.9. The van der Waals surface area contributed by atoms with Crippen LogP contribution in [-0.4, -0.2) is 23.7 Å². The molecule has 1 heterocycles. The number of aryl methyl sites for hydroxylation is 2. The Hall–Kier alpha value is -2.47. The summed E-state index contributed by atoms with van der Waals surface area (Å²) >= 11 is 1.48. The normalized spacial score (nSPS) is 11.1. The summed E-state index contributed by atoms with van der Waals surface area (Å²) in [6, 6.07) is 3.99. The van der Waals surface area contributed by atoms with E-state index in [-0.39, 0.29) is 5.91 Å². The van der Waals surface area contributed by atoms with Gasteiger partial charge in [0.25, 0.3) is 0 Å². The second-order valence-electron chi connectivity index (χ2n) is 8.08. The zero-order valence-electron chi connectivity index (χ0n) is 23.7. The Morgan fingerprint density at radius 2 is 1.83 bits per heavy atom. The van der Waals surface area contributed by atoms with Crippen molar-refractivity contribution in [1.29, 1.82) is 0 Å². The Labute approximate surface area is 218 Å². The summed E-state index contributed by atoms with van der Waals surface area (Å²) in [5.74, 6) is 0.792. The van der Waals surface area contributed by atoms with Crippen molar-refractivity contribution in [2.75, 3.05) is 12.4 Å². The number of carbonyl (C=O) groups excluding carboxylic acids is 1. The number of aliphatic imine (C=N–C) groups is 1. The highest BCUT2D eigenvalue weighted by atomic mass is 32.1. The average molecular weight is 502 g/mol. The predicted octanol–water partition coefficient (Wildman–Crippen LogP) is 8.49. The van der Waals surface area contributed by atoms with Crippen LogP contribution in [0.5, 0.6) is 5.75 Å². The van der Waals surface area contributed by atoms with Crippen molar-refractivity contribution in [2.24, 2.45) is 4.99 Å². The van der Waals surface area contributed by atoms with Crippen molar-refractivity contribution in [1.82, 2.24) is 4.98 Å². The van der Waals surface area contributed by atoms with Gasteiger partial charge >= 0.3 is 0 Å². The molecule has 1 aromatic heterocycles. The van der Waals surface area contributed by atoms with E-state index < -0.39 is 0 Å². The fraction of sp³-hybridized carbons (Fsp3) is 0.552. The summed E-state index contributed by atoms with van der Waals surface area (Å²) in [6.45, 7) is 18.8. The number of benzene rings is 1. The topological polar surface area (TPSA) is 63.6 Å². The average Bonchev–Trinajstić information content (AvgIpc) is 3.26. The van der Waals surface area contributed by atoms with Crippen LogP contribution in [0.25, 0.3) is 0 Å². The molecule has 0 saturated carbocycles. The number of carbonyl (C=O) groups is 1. The molecule has 0 unspecified atom stereocenters. The van der Waals surface area contributed by atoms with E-state index in [1.807, 2.05) is 46.0 Å². The summed E-state index contributed by atoms with van der Waals surface area (Å²) in [6.07, 6.45) is 9.53. The Morgan fingerprint density at radius 3 is 2.31 bits per heavy atom. The lowest BCUT2D eigenvalue weighted by atomic mass is 10.00. The van der Waals surface area contributed by atoms with Gasteiger partial charge in [-0.2, -0.15) is 0 Å².